The number of aromatic nitrogens is 3. The summed E-state index contributed by atoms with van der Waals surface area (Å²) in [6, 6.07) is 7.25. The zero-order valence-electron chi connectivity index (χ0n) is 15.7. The van der Waals surface area contributed by atoms with Crippen LogP contribution in [-0.4, -0.2) is 34.1 Å². The van der Waals surface area contributed by atoms with E-state index in [1.807, 2.05) is 12.1 Å². The third-order valence-corrected chi connectivity index (χ3v) is 5.48. The van der Waals surface area contributed by atoms with Gasteiger partial charge in [-0.2, -0.15) is 13.2 Å². The van der Waals surface area contributed by atoms with Gasteiger partial charge in [-0.05, 0) is 24.4 Å². The molecule has 2 aromatic heterocycles. The summed E-state index contributed by atoms with van der Waals surface area (Å²) in [7, 11) is 0. The molecule has 3 heterocycles. The van der Waals surface area contributed by atoms with Crippen LogP contribution in [0, 0.1) is 5.41 Å². The molecule has 1 atom stereocenters. The molecular weight excluding hydrogens is 367 g/mol. The van der Waals surface area contributed by atoms with Gasteiger partial charge in [-0.1, -0.05) is 32.0 Å². The number of halogens is 3. The van der Waals surface area contributed by atoms with Gasteiger partial charge in [-0.25, -0.2) is 9.97 Å². The number of anilines is 1. The normalized spacial score (nSPS) is 19.7. The molecule has 1 aromatic carbocycles. The smallest absolute Gasteiger partial charge is 0.360 e. The molecule has 0 spiro atoms. The van der Waals surface area contributed by atoms with E-state index in [1.165, 1.54) is 0 Å². The zero-order valence-corrected chi connectivity index (χ0v) is 15.7. The van der Waals surface area contributed by atoms with Crippen LogP contribution in [-0.2, 0) is 6.18 Å². The lowest BCUT2D eigenvalue weighted by molar-refractivity contribution is -0.137. The summed E-state index contributed by atoms with van der Waals surface area (Å²) < 4.78 is 40.9. The van der Waals surface area contributed by atoms with Crippen molar-refractivity contribution >= 4 is 16.9 Å². The summed E-state index contributed by atoms with van der Waals surface area (Å²) in [5, 5.41) is 7.24. The second kappa shape index (κ2) is 6.77. The number of nitrogens with zero attached hydrogens (tertiary/aromatic N) is 2. The van der Waals surface area contributed by atoms with Crippen molar-refractivity contribution < 1.29 is 13.2 Å². The maximum absolute atomic E-state index is 13.6. The van der Waals surface area contributed by atoms with Crippen LogP contribution in [0.3, 0.4) is 0 Å². The van der Waals surface area contributed by atoms with Gasteiger partial charge in [0.15, 0.2) is 0 Å². The van der Waals surface area contributed by atoms with Crippen molar-refractivity contribution in [1.82, 2.24) is 20.3 Å². The van der Waals surface area contributed by atoms with Crippen LogP contribution in [0.25, 0.3) is 22.2 Å². The molecular formula is C20H22F3N5. The Hall–Kier alpha value is -2.61. The van der Waals surface area contributed by atoms with Gasteiger partial charge in [0.1, 0.15) is 5.56 Å². The van der Waals surface area contributed by atoms with Crippen LogP contribution in [0.15, 0.2) is 36.7 Å². The monoisotopic (exact) mass is 389 g/mol. The molecule has 0 saturated carbocycles. The van der Waals surface area contributed by atoms with Gasteiger partial charge in [0.05, 0.1) is 5.69 Å². The van der Waals surface area contributed by atoms with Gasteiger partial charge in [0.25, 0.3) is 0 Å². The Bertz CT molecular complexity index is 993. The second-order valence-corrected chi connectivity index (χ2v) is 7.84. The molecule has 1 aliphatic heterocycles. The van der Waals surface area contributed by atoms with Crippen LogP contribution in [0.1, 0.15) is 25.8 Å². The van der Waals surface area contributed by atoms with Crippen LogP contribution in [0.5, 0.6) is 0 Å². The minimum absolute atomic E-state index is 0.0156. The molecule has 28 heavy (non-hydrogen) atoms. The predicted molar refractivity (Wildman–Crippen MR) is 103 cm³/mol. The highest BCUT2D eigenvalue weighted by Gasteiger charge is 2.37. The number of H-pyrrole nitrogens is 1. The molecule has 3 aromatic rings. The number of rotatable bonds is 3. The Balaban J connectivity index is 1.78. The van der Waals surface area contributed by atoms with Crippen molar-refractivity contribution in [2.75, 3.05) is 18.4 Å². The molecule has 1 fully saturated rings. The Kier molecular flexibility index (Phi) is 4.53. The third kappa shape index (κ3) is 3.44. The molecule has 0 aliphatic carbocycles. The number of hydrogen-bond acceptors (Lipinski definition) is 4. The molecule has 4 rings (SSSR count). The van der Waals surface area contributed by atoms with E-state index in [4.69, 9.17) is 0 Å². The van der Waals surface area contributed by atoms with Gasteiger partial charge in [-0.3, -0.25) is 0 Å². The molecule has 0 radical (unpaired) electrons. The van der Waals surface area contributed by atoms with E-state index in [2.05, 4.69) is 39.4 Å². The average Bonchev–Trinajstić information content (AvgIpc) is 3.06. The number of piperidine rings is 1. The van der Waals surface area contributed by atoms with E-state index in [-0.39, 0.29) is 23.1 Å². The Labute approximate surface area is 160 Å². The molecule has 1 saturated heterocycles. The molecule has 148 valence electrons. The SMILES string of the molecule is CC1(C)CCNC[C@H]1Nc1ncc(C(F)(F)F)c(-c2c[nH]c3ccccc23)n1. The van der Waals surface area contributed by atoms with Crippen molar-refractivity contribution in [1.29, 1.82) is 0 Å². The first-order chi connectivity index (χ1) is 13.3. The van der Waals surface area contributed by atoms with Crippen molar-refractivity contribution in [3.8, 4) is 11.3 Å². The minimum Gasteiger partial charge on any atom is -0.360 e. The molecule has 1 aliphatic rings. The summed E-state index contributed by atoms with van der Waals surface area (Å²) in [6.07, 6.45) is -1.15. The van der Waals surface area contributed by atoms with Gasteiger partial charge < -0.3 is 15.6 Å². The summed E-state index contributed by atoms with van der Waals surface area (Å²) in [5.74, 6) is 0.204. The standard InChI is InChI=1S/C20H22F3N5/c1-19(2)7-8-24-11-16(19)27-18-26-10-14(20(21,22)23)17(28-18)13-9-25-15-6-4-3-5-12(13)15/h3-6,9-10,16,24-25H,7-8,11H2,1-2H3,(H,26,27,28)/t16-/m1/s1. The quantitative estimate of drug-likeness (QED) is 0.620. The van der Waals surface area contributed by atoms with E-state index in [0.29, 0.717) is 17.5 Å². The lowest BCUT2D eigenvalue weighted by atomic mass is 9.79. The van der Waals surface area contributed by atoms with Crippen LogP contribution < -0.4 is 10.6 Å². The fourth-order valence-electron chi connectivity index (χ4n) is 3.64. The van der Waals surface area contributed by atoms with Gasteiger partial charge in [-0.15, -0.1) is 0 Å². The molecule has 0 unspecified atom stereocenters. The number of alkyl halides is 3. The highest BCUT2D eigenvalue weighted by Crippen LogP contribution is 2.39. The molecule has 5 nitrogen and oxygen atoms in total. The molecule has 0 amide bonds. The molecule has 3 N–H and O–H groups in total. The number of hydrogen-bond donors (Lipinski definition) is 3. The van der Waals surface area contributed by atoms with Crippen molar-refractivity contribution in [2.24, 2.45) is 5.41 Å². The lowest BCUT2D eigenvalue weighted by Gasteiger charge is -2.39. The van der Waals surface area contributed by atoms with Gasteiger partial charge in [0, 0.05) is 41.4 Å². The highest BCUT2D eigenvalue weighted by molar-refractivity contribution is 5.95. The topological polar surface area (TPSA) is 65.6 Å². The molecule has 8 heteroatoms. The van der Waals surface area contributed by atoms with E-state index in [1.54, 1.807) is 18.3 Å². The summed E-state index contributed by atoms with van der Waals surface area (Å²) in [5.41, 5.74) is 0.191. The first kappa shape index (κ1) is 18.7. The summed E-state index contributed by atoms with van der Waals surface area (Å²) in [6.45, 7) is 5.89. The second-order valence-electron chi connectivity index (χ2n) is 7.84. The summed E-state index contributed by atoms with van der Waals surface area (Å²) >= 11 is 0. The average molecular weight is 389 g/mol. The molecule has 0 bridgehead atoms. The van der Waals surface area contributed by atoms with Crippen LogP contribution in [0.2, 0.25) is 0 Å². The number of fused-ring (bicyclic) bond motifs is 1. The van der Waals surface area contributed by atoms with E-state index in [0.717, 1.165) is 24.7 Å². The lowest BCUT2D eigenvalue weighted by Crippen LogP contribution is -2.50. The number of nitrogens with one attached hydrogen (secondary N) is 3. The van der Waals surface area contributed by atoms with Crippen LogP contribution >= 0.6 is 0 Å². The minimum atomic E-state index is -4.54. The van der Waals surface area contributed by atoms with Crippen molar-refractivity contribution in [3.05, 3.63) is 42.2 Å². The van der Waals surface area contributed by atoms with E-state index in [9.17, 15) is 13.2 Å². The Morgan fingerprint density at radius 1 is 1.21 bits per heavy atom. The fraction of sp³-hybridized carbons (Fsp3) is 0.400. The number of para-hydroxylation sites is 1. The van der Waals surface area contributed by atoms with Gasteiger partial charge >= 0.3 is 6.18 Å². The van der Waals surface area contributed by atoms with Gasteiger partial charge in [0.2, 0.25) is 5.95 Å². The maximum atomic E-state index is 13.6. The van der Waals surface area contributed by atoms with E-state index < -0.39 is 11.7 Å². The largest absolute Gasteiger partial charge is 0.419 e. The highest BCUT2D eigenvalue weighted by atomic mass is 19.4. The first-order valence-corrected chi connectivity index (χ1v) is 9.24. The summed E-state index contributed by atoms with van der Waals surface area (Å²) in [4.78, 5) is 11.3. The fourth-order valence-corrected chi connectivity index (χ4v) is 3.64. The van der Waals surface area contributed by atoms with Crippen molar-refractivity contribution in [3.63, 3.8) is 0 Å². The number of aromatic amines is 1. The third-order valence-electron chi connectivity index (χ3n) is 5.48. The predicted octanol–water partition coefficient (Wildman–Crippen LogP) is 4.44. The Morgan fingerprint density at radius 2 is 2.00 bits per heavy atom. The maximum Gasteiger partial charge on any atom is 0.419 e. The van der Waals surface area contributed by atoms with Crippen LogP contribution in [0.4, 0.5) is 19.1 Å². The van der Waals surface area contributed by atoms with E-state index >= 15 is 0 Å². The Morgan fingerprint density at radius 3 is 2.75 bits per heavy atom. The zero-order chi connectivity index (χ0) is 19.9. The first-order valence-electron chi connectivity index (χ1n) is 9.24. The number of benzene rings is 1. The van der Waals surface area contributed by atoms with Crippen molar-refractivity contribution in [2.45, 2.75) is 32.5 Å².